The second kappa shape index (κ2) is 11.2. The molecule has 10 nitrogen and oxygen atoms in total. The van der Waals surface area contributed by atoms with Gasteiger partial charge < -0.3 is 14.0 Å². The summed E-state index contributed by atoms with van der Waals surface area (Å²) in [5.41, 5.74) is 0.762. The van der Waals surface area contributed by atoms with Crippen molar-refractivity contribution in [2.75, 3.05) is 19.6 Å². The summed E-state index contributed by atoms with van der Waals surface area (Å²) in [5, 5.41) is 3.62. The number of fused-ring (bicyclic) bond motifs is 1. The van der Waals surface area contributed by atoms with Crippen LogP contribution in [0.15, 0.2) is 65.8 Å². The summed E-state index contributed by atoms with van der Waals surface area (Å²) in [6, 6.07) is 11.9. The van der Waals surface area contributed by atoms with Crippen molar-refractivity contribution in [3.8, 4) is 5.75 Å². The molecule has 0 aliphatic carbocycles. The molecule has 0 spiro atoms. The zero-order chi connectivity index (χ0) is 28.4. The first-order valence-corrected chi connectivity index (χ1v) is 14.8. The van der Waals surface area contributed by atoms with Gasteiger partial charge in [0.2, 0.25) is 5.91 Å². The van der Waals surface area contributed by atoms with Crippen molar-refractivity contribution in [2.45, 2.75) is 44.0 Å². The smallest absolute Gasteiger partial charge is 0.339 e. The van der Waals surface area contributed by atoms with Crippen LogP contribution in [0.4, 0.5) is 4.79 Å². The number of urea groups is 1. The Kier molecular flexibility index (Phi) is 7.75. The minimum Gasteiger partial charge on any atom is -0.379 e. The number of aromatic nitrogens is 1. The fourth-order valence-electron chi connectivity index (χ4n) is 5.32. The van der Waals surface area contributed by atoms with E-state index in [-0.39, 0.29) is 40.7 Å². The first-order valence-electron chi connectivity index (χ1n) is 13.4. The van der Waals surface area contributed by atoms with Crippen molar-refractivity contribution in [1.82, 2.24) is 20.1 Å². The Bertz CT molecular complexity index is 1530. The normalized spacial score (nSPS) is 18.4. The van der Waals surface area contributed by atoms with E-state index in [1.807, 2.05) is 18.7 Å². The lowest BCUT2D eigenvalue weighted by Gasteiger charge is -2.35. The van der Waals surface area contributed by atoms with Gasteiger partial charge in [0, 0.05) is 55.1 Å². The van der Waals surface area contributed by atoms with E-state index in [1.165, 1.54) is 12.3 Å². The number of benzene rings is 2. The molecular weight excluding hydrogens is 532 g/mol. The quantitative estimate of drug-likeness (QED) is 0.328. The number of amides is 4. The summed E-state index contributed by atoms with van der Waals surface area (Å²) in [7, 11) is -4.10. The Labute approximate surface area is 233 Å². The van der Waals surface area contributed by atoms with Crippen LogP contribution in [0.3, 0.4) is 0 Å². The van der Waals surface area contributed by atoms with Gasteiger partial charge in [0.25, 0.3) is 5.91 Å². The number of rotatable bonds is 8. The summed E-state index contributed by atoms with van der Waals surface area (Å²) in [6.07, 6.45) is 4.95. The Hall–Kier alpha value is -3.99. The summed E-state index contributed by atoms with van der Waals surface area (Å²) >= 11 is 0. The maximum absolute atomic E-state index is 13.0. The van der Waals surface area contributed by atoms with E-state index >= 15 is 0 Å². The van der Waals surface area contributed by atoms with Crippen LogP contribution >= 0.6 is 0 Å². The minimum atomic E-state index is -4.10. The number of carbonyl (C=O) groups excluding carboxylic acids is 3. The number of nitrogens with one attached hydrogen (secondary N) is 1. The van der Waals surface area contributed by atoms with Gasteiger partial charge in [0.05, 0.1) is 0 Å². The largest absolute Gasteiger partial charge is 0.379 e. The number of imide groups is 1. The first kappa shape index (κ1) is 27.6. The van der Waals surface area contributed by atoms with Crippen LogP contribution in [0, 0.1) is 11.8 Å². The highest BCUT2D eigenvalue weighted by Gasteiger charge is 2.40. The maximum Gasteiger partial charge on any atom is 0.339 e. The molecule has 5 rings (SSSR count). The molecule has 4 amide bonds. The molecule has 1 unspecified atom stereocenters. The maximum atomic E-state index is 13.0. The van der Waals surface area contributed by atoms with E-state index in [1.54, 1.807) is 53.6 Å². The van der Waals surface area contributed by atoms with E-state index in [0.717, 1.165) is 18.4 Å². The molecule has 2 aliphatic rings. The molecule has 3 aromatic rings. The van der Waals surface area contributed by atoms with Gasteiger partial charge in [-0.25, -0.2) is 4.79 Å². The molecule has 2 saturated heterocycles. The average molecular weight is 565 g/mol. The summed E-state index contributed by atoms with van der Waals surface area (Å²) in [5.74, 6) is 0.0731. The van der Waals surface area contributed by atoms with Crippen molar-refractivity contribution >= 4 is 38.7 Å². The van der Waals surface area contributed by atoms with Crippen molar-refractivity contribution in [1.29, 1.82) is 0 Å². The number of pyridine rings is 1. The number of likely N-dealkylation sites (tertiary alicyclic amines) is 1. The Balaban J connectivity index is 1.23. The van der Waals surface area contributed by atoms with Gasteiger partial charge in [-0.2, -0.15) is 8.42 Å². The molecule has 2 aromatic carbocycles. The third-order valence-electron chi connectivity index (χ3n) is 7.51. The Morgan fingerprint density at radius 3 is 2.50 bits per heavy atom. The number of hydrogen-bond donors (Lipinski definition) is 1. The van der Waals surface area contributed by atoms with E-state index < -0.39 is 22.2 Å². The van der Waals surface area contributed by atoms with E-state index in [0.29, 0.717) is 30.4 Å². The number of nitrogens with zero attached hydrogens (tertiary/aromatic N) is 3. The fraction of sp³-hybridized carbons (Fsp3) is 0.379. The van der Waals surface area contributed by atoms with Crippen LogP contribution in [-0.2, 0) is 26.1 Å². The molecule has 1 N–H and O–H groups in total. The number of hydrogen-bond acceptors (Lipinski definition) is 7. The summed E-state index contributed by atoms with van der Waals surface area (Å²) < 4.78 is 31.4. The van der Waals surface area contributed by atoms with E-state index in [2.05, 4.69) is 10.3 Å². The van der Waals surface area contributed by atoms with Crippen molar-refractivity contribution in [3.05, 3.63) is 66.5 Å². The van der Waals surface area contributed by atoms with Gasteiger partial charge >= 0.3 is 16.1 Å². The van der Waals surface area contributed by atoms with Crippen LogP contribution in [0.1, 0.15) is 32.3 Å². The van der Waals surface area contributed by atoms with E-state index in [4.69, 9.17) is 4.18 Å². The highest BCUT2D eigenvalue weighted by atomic mass is 32.2. The molecule has 210 valence electrons. The van der Waals surface area contributed by atoms with Gasteiger partial charge in [0.1, 0.15) is 16.7 Å². The van der Waals surface area contributed by atoms with Crippen LogP contribution in [-0.4, -0.2) is 66.7 Å². The van der Waals surface area contributed by atoms with Gasteiger partial charge in [-0.05, 0) is 48.6 Å². The molecule has 40 heavy (non-hydrogen) atoms. The first-order chi connectivity index (χ1) is 19.1. The van der Waals surface area contributed by atoms with Gasteiger partial charge in [-0.3, -0.25) is 19.9 Å². The minimum absolute atomic E-state index is 0.0458. The predicted octanol–water partition coefficient (Wildman–Crippen LogP) is 3.36. The van der Waals surface area contributed by atoms with Crippen molar-refractivity contribution in [2.24, 2.45) is 11.8 Å². The van der Waals surface area contributed by atoms with Crippen molar-refractivity contribution < 1.29 is 27.0 Å². The third-order valence-corrected chi connectivity index (χ3v) is 8.82. The molecule has 11 heteroatoms. The lowest BCUT2D eigenvalue weighted by molar-refractivity contribution is -0.135. The topological polar surface area (TPSA) is 126 Å². The van der Waals surface area contributed by atoms with E-state index in [9.17, 15) is 22.8 Å². The molecule has 0 bridgehead atoms. The predicted molar refractivity (Wildman–Crippen MR) is 148 cm³/mol. The fourth-order valence-corrected chi connectivity index (χ4v) is 6.48. The zero-order valence-corrected chi connectivity index (χ0v) is 23.3. The third kappa shape index (κ3) is 5.79. The Morgan fingerprint density at radius 2 is 1.80 bits per heavy atom. The Morgan fingerprint density at radius 1 is 1.07 bits per heavy atom. The lowest BCUT2D eigenvalue weighted by Crippen LogP contribution is -2.45. The van der Waals surface area contributed by atoms with Gasteiger partial charge in [-0.15, -0.1) is 0 Å². The van der Waals surface area contributed by atoms with Crippen molar-refractivity contribution in [3.63, 3.8) is 0 Å². The zero-order valence-electron chi connectivity index (χ0n) is 22.4. The molecular formula is C29H32N4O6S. The van der Waals surface area contributed by atoms with Gasteiger partial charge in [-0.1, -0.05) is 38.1 Å². The highest BCUT2D eigenvalue weighted by molar-refractivity contribution is 7.87. The number of carbonyl (C=O) groups is 3. The molecule has 1 atom stereocenters. The average Bonchev–Trinajstić information content (AvgIpc) is 3.20. The SMILES string of the molecule is CC(C)C(=O)N1CCC(CN2C(=O)NC(=O)C2Cc2ccc(OS(=O)(=O)c3cccc4cnccc34)cc2)CC1. The van der Waals surface area contributed by atoms with Crippen LogP contribution in [0.25, 0.3) is 10.8 Å². The molecule has 3 heterocycles. The standard InChI is InChI=1S/C29H32N4O6S/c1-19(2)28(35)32-14-11-21(12-15-32)18-33-25(27(34)31-29(33)36)16-20-6-8-23(9-7-20)39-40(37,38)26-5-3-4-22-17-30-13-10-24(22)26/h3-10,13,17,19,21,25H,11-12,14-16,18H2,1-2H3,(H,31,34,36). The molecule has 0 saturated carbocycles. The van der Waals surface area contributed by atoms with Crippen LogP contribution in [0.5, 0.6) is 5.75 Å². The second-order valence-electron chi connectivity index (χ2n) is 10.6. The van der Waals surface area contributed by atoms with Crippen LogP contribution in [0.2, 0.25) is 0 Å². The molecule has 0 radical (unpaired) electrons. The van der Waals surface area contributed by atoms with Crippen LogP contribution < -0.4 is 9.50 Å². The molecule has 2 fully saturated rings. The number of piperidine rings is 1. The second-order valence-corrected chi connectivity index (χ2v) is 12.1. The molecule has 1 aromatic heterocycles. The molecule has 2 aliphatic heterocycles. The summed E-state index contributed by atoms with van der Waals surface area (Å²) in [6.45, 7) is 5.51. The lowest BCUT2D eigenvalue weighted by atomic mass is 9.94. The monoisotopic (exact) mass is 564 g/mol. The van der Waals surface area contributed by atoms with Gasteiger partial charge in [0.15, 0.2) is 0 Å². The highest BCUT2D eigenvalue weighted by Crippen LogP contribution is 2.27. The summed E-state index contributed by atoms with van der Waals surface area (Å²) in [4.78, 5) is 45.1.